The molecule has 0 unspecified atom stereocenters. The average Bonchev–Trinajstić information content (AvgIpc) is 3.15. The molecule has 0 bridgehead atoms. The summed E-state index contributed by atoms with van der Waals surface area (Å²) in [5, 5.41) is 9.79. The van der Waals surface area contributed by atoms with Gasteiger partial charge in [0.25, 0.3) is 0 Å². The Balaban J connectivity index is 2.00. The molecule has 0 radical (unpaired) electrons. The van der Waals surface area contributed by atoms with E-state index in [1.807, 2.05) is 17.0 Å². The van der Waals surface area contributed by atoms with Crippen LogP contribution < -0.4 is 0 Å². The molecule has 1 amide bonds. The number of hydrogen-bond donors (Lipinski definition) is 0. The maximum absolute atomic E-state index is 13.0. The highest BCUT2D eigenvalue weighted by Gasteiger charge is 2.23. The van der Waals surface area contributed by atoms with E-state index in [9.17, 15) is 4.79 Å². The van der Waals surface area contributed by atoms with Crippen molar-refractivity contribution >= 4 is 17.7 Å². The molecule has 3 aromatic rings. The molecule has 0 atom stereocenters. The minimum atomic E-state index is 0.0856. The fourth-order valence-corrected chi connectivity index (χ4v) is 4.89. The number of aromatic nitrogens is 3. The summed E-state index contributed by atoms with van der Waals surface area (Å²) >= 11 is 1.44. The van der Waals surface area contributed by atoms with Gasteiger partial charge in [-0.3, -0.25) is 9.36 Å². The molecule has 0 aliphatic carbocycles. The molecule has 33 heavy (non-hydrogen) atoms. The topological polar surface area (TPSA) is 51.0 Å². The minimum absolute atomic E-state index is 0.0856. The molecule has 0 aliphatic heterocycles. The molecule has 0 saturated carbocycles. The standard InChI is InChI=1S/C27H36N4OS/c1-18(2)30(19(3)4)24(32)17-33-26-29-28-25(31(26)23-12-10-9-11-20(23)5)21-13-15-22(16-14-21)27(6,7)8/h9-16,18-19H,17H2,1-8H3. The molecule has 3 rings (SSSR count). The van der Waals surface area contributed by atoms with Crippen LogP contribution in [0.2, 0.25) is 0 Å². The van der Waals surface area contributed by atoms with Gasteiger partial charge in [0.1, 0.15) is 0 Å². The zero-order valence-electron chi connectivity index (χ0n) is 21.1. The van der Waals surface area contributed by atoms with Gasteiger partial charge in [0.05, 0.1) is 11.4 Å². The molecule has 0 N–H and O–H groups in total. The van der Waals surface area contributed by atoms with Crippen LogP contribution in [0.15, 0.2) is 53.7 Å². The highest BCUT2D eigenvalue weighted by molar-refractivity contribution is 7.99. The van der Waals surface area contributed by atoms with Gasteiger partial charge < -0.3 is 4.90 Å². The zero-order chi connectivity index (χ0) is 24.3. The summed E-state index contributed by atoms with van der Waals surface area (Å²) < 4.78 is 2.08. The smallest absolute Gasteiger partial charge is 0.233 e. The zero-order valence-corrected chi connectivity index (χ0v) is 21.9. The van der Waals surface area contributed by atoms with Gasteiger partial charge in [-0.15, -0.1) is 10.2 Å². The third-order valence-electron chi connectivity index (χ3n) is 5.72. The molecule has 176 valence electrons. The Labute approximate surface area is 202 Å². The van der Waals surface area contributed by atoms with Crippen LogP contribution in [0.4, 0.5) is 0 Å². The van der Waals surface area contributed by atoms with Gasteiger partial charge in [0.15, 0.2) is 11.0 Å². The van der Waals surface area contributed by atoms with E-state index in [4.69, 9.17) is 0 Å². The van der Waals surface area contributed by atoms with Crippen molar-refractivity contribution in [1.82, 2.24) is 19.7 Å². The van der Waals surface area contributed by atoms with Crippen molar-refractivity contribution in [3.63, 3.8) is 0 Å². The molecule has 0 aliphatic rings. The van der Waals surface area contributed by atoms with Crippen molar-refractivity contribution in [1.29, 1.82) is 0 Å². The van der Waals surface area contributed by atoms with Gasteiger partial charge in [0.2, 0.25) is 5.91 Å². The minimum Gasteiger partial charge on any atom is -0.337 e. The number of benzene rings is 2. The Kier molecular flexibility index (Phi) is 7.68. The molecular weight excluding hydrogens is 428 g/mol. The molecule has 0 fully saturated rings. The van der Waals surface area contributed by atoms with Crippen molar-refractivity contribution < 1.29 is 4.79 Å². The summed E-state index contributed by atoms with van der Waals surface area (Å²) in [4.78, 5) is 14.9. The summed E-state index contributed by atoms with van der Waals surface area (Å²) in [6.07, 6.45) is 0. The fourth-order valence-electron chi connectivity index (χ4n) is 4.07. The van der Waals surface area contributed by atoms with Gasteiger partial charge in [-0.1, -0.05) is 75.0 Å². The lowest BCUT2D eigenvalue weighted by molar-refractivity contribution is -0.131. The van der Waals surface area contributed by atoms with E-state index in [0.29, 0.717) is 5.75 Å². The van der Waals surface area contributed by atoms with Crippen LogP contribution in [0.1, 0.15) is 59.6 Å². The molecule has 0 saturated heterocycles. The van der Waals surface area contributed by atoms with E-state index in [-0.39, 0.29) is 23.4 Å². The number of thioether (sulfide) groups is 1. The van der Waals surface area contributed by atoms with Gasteiger partial charge in [-0.25, -0.2) is 0 Å². The number of carbonyl (C=O) groups excluding carboxylic acids is 1. The first kappa shape index (κ1) is 25.0. The molecule has 6 heteroatoms. The van der Waals surface area contributed by atoms with Crippen LogP contribution in [-0.2, 0) is 10.2 Å². The number of aryl methyl sites for hydroxylation is 1. The Hall–Kier alpha value is -2.60. The van der Waals surface area contributed by atoms with Crippen molar-refractivity contribution in [3.05, 3.63) is 59.7 Å². The molecular formula is C27H36N4OS. The lowest BCUT2D eigenvalue weighted by Gasteiger charge is -2.30. The Morgan fingerprint density at radius 2 is 1.58 bits per heavy atom. The van der Waals surface area contributed by atoms with E-state index in [1.165, 1.54) is 17.3 Å². The van der Waals surface area contributed by atoms with E-state index in [1.54, 1.807) is 0 Å². The first-order valence-electron chi connectivity index (χ1n) is 11.6. The molecule has 0 spiro atoms. The van der Waals surface area contributed by atoms with Crippen LogP contribution in [0.25, 0.3) is 17.1 Å². The average molecular weight is 465 g/mol. The van der Waals surface area contributed by atoms with E-state index in [0.717, 1.165) is 27.8 Å². The summed E-state index contributed by atoms with van der Waals surface area (Å²) in [7, 11) is 0. The quantitative estimate of drug-likeness (QED) is 0.386. The van der Waals surface area contributed by atoms with Crippen LogP contribution in [0, 0.1) is 6.92 Å². The largest absolute Gasteiger partial charge is 0.337 e. The number of hydrogen-bond acceptors (Lipinski definition) is 4. The van der Waals surface area contributed by atoms with Crippen molar-refractivity contribution in [2.24, 2.45) is 0 Å². The predicted octanol–water partition coefficient (Wildman–Crippen LogP) is 6.28. The second-order valence-electron chi connectivity index (χ2n) is 10.0. The van der Waals surface area contributed by atoms with Gasteiger partial charge in [-0.05, 0) is 57.2 Å². The fraction of sp³-hybridized carbons (Fsp3) is 0.444. The third kappa shape index (κ3) is 5.67. The number of para-hydroxylation sites is 1. The van der Waals surface area contributed by atoms with Gasteiger partial charge in [0, 0.05) is 17.6 Å². The highest BCUT2D eigenvalue weighted by Crippen LogP contribution is 2.31. The lowest BCUT2D eigenvalue weighted by atomic mass is 9.87. The van der Waals surface area contributed by atoms with Crippen LogP contribution in [0.3, 0.4) is 0 Å². The first-order chi connectivity index (χ1) is 15.5. The second-order valence-corrected chi connectivity index (χ2v) is 11.0. The SMILES string of the molecule is Cc1ccccc1-n1c(SCC(=O)N(C(C)C)C(C)C)nnc1-c1ccc(C(C)(C)C)cc1. The third-order valence-corrected chi connectivity index (χ3v) is 6.64. The Bertz CT molecular complexity index is 1090. The molecule has 2 aromatic carbocycles. The molecule has 5 nitrogen and oxygen atoms in total. The summed E-state index contributed by atoms with van der Waals surface area (Å²) in [6.45, 7) is 16.9. The summed E-state index contributed by atoms with van der Waals surface area (Å²) in [5.41, 5.74) is 4.52. The van der Waals surface area contributed by atoms with Crippen molar-refractivity contribution in [2.75, 3.05) is 5.75 Å². The normalized spacial score (nSPS) is 11.9. The predicted molar refractivity (Wildman–Crippen MR) is 138 cm³/mol. The van der Waals surface area contributed by atoms with Crippen LogP contribution >= 0.6 is 11.8 Å². The number of carbonyl (C=O) groups is 1. The van der Waals surface area contributed by atoms with Crippen molar-refractivity contribution in [2.45, 2.75) is 78.0 Å². The lowest BCUT2D eigenvalue weighted by Crippen LogP contribution is -2.43. The first-order valence-corrected chi connectivity index (χ1v) is 12.6. The Morgan fingerprint density at radius 1 is 0.970 bits per heavy atom. The maximum Gasteiger partial charge on any atom is 0.233 e. The highest BCUT2D eigenvalue weighted by atomic mass is 32.2. The molecule has 1 aromatic heterocycles. The van der Waals surface area contributed by atoms with E-state index >= 15 is 0 Å². The van der Waals surface area contributed by atoms with E-state index in [2.05, 4.69) is 107 Å². The van der Waals surface area contributed by atoms with Gasteiger partial charge >= 0.3 is 0 Å². The maximum atomic E-state index is 13.0. The van der Waals surface area contributed by atoms with Crippen LogP contribution in [-0.4, -0.2) is 43.4 Å². The number of rotatable bonds is 7. The van der Waals surface area contributed by atoms with Crippen LogP contribution in [0.5, 0.6) is 0 Å². The number of nitrogens with zero attached hydrogens (tertiary/aromatic N) is 4. The Morgan fingerprint density at radius 3 is 2.12 bits per heavy atom. The number of amides is 1. The molecule has 1 heterocycles. The summed E-state index contributed by atoms with van der Waals surface area (Å²) in [5.74, 6) is 1.22. The van der Waals surface area contributed by atoms with E-state index < -0.39 is 0 Å². The van der Waals surface area contributed by atoms with Crippen molar-refractivity contribution in [3.8, 4) is 17.1 Å². The monoisotopic (exact) mass is 464 g/mol. The summed E-state index contributed by atoms with van der Waals surface area (Å²) in [6, 6.07) is 17.1. The second kappa shape index (κ2) is 10.1. The van der Waals surface area contributed by atoms with Gasteiger partial charge in [-0.2, -0.15) is 0 Å².